The fraction of sp³-hybridized carbons (Fsp3) is 0.455. The summed E-state index contributed by atoms with van der Waals surface area (Å²) in [6.07, 6.45) is -6.39. The van der Waals surface area contributed by atoms with Crippen molar-refractivity contribution in [2.75, 3.05) is 25.2 Å². The fourth-order valence-corrected chi connectivity index (χ4v) is 6.86. The normalized spacial score (nSPS) is 23.8. The Labute approximate surface area is 260 Å². The molecule has 0 spiro atoms. The molecule has 46 heavy (non-hydrogen) atoms. The van der Waals surface area contributed by atoms with E-state index in [0.29, 0.717) is 47.4 Å². The van der Waals surface area contributed by atoms with E-state index in [2.05, 4.69) is 0 Å². The molecule has 4 atom stereocenters. The van der Waals surface area contributed by atoms with Crippen LogP contribution in [0.5, 0.6) is 5.75 Å². The summed E-state index contributed by atoms with van der Waals surface area (Å²) in [5.74, 6) is -5.59. The van der Waals surface area contributed by atoms with E-state index in [1.54, 1.807) is 6.07 Å². The van der Waals surface area contributed by atoms with Crippen molar-refractivity contribution in [2.45, 2.75) is 57.5 Å². The van der Waals surface area contributed by atoms with E-state index in [1.165, 1.54) is 19.2 Å². The lowest BCUT2D eigenvalue weighted by Crippen LogP contribution is -2.35. The number of fused-ring (bicyclic) bond motifs is 3. The van der Waals surface area contributed by atoms with Gasteiger partial charge in [-0.25, -0.2) is 9.29 Å². The maximum atomic E-state index is 13.9. The van der Waals surface area contributed by atoms with Gasteiger partial charge in [0, 0.05) is 13.0 Å². The van der Waals surface area contributed by atoms with Gasteiger partial charge in [-0.3, -0.25) is 9.59 Å². The average Bonchev–Trinajstić information content (AvgIpc) is 3.51. The molecule has 0 radical (unpaired) electrons. The zero-order valence-corrected chi connectivity index (χ0v) is 25.0. The Hall–Kier alpha value is -3.71. The van der Waals surface area contributed by atoms with Crippen molar-refractivity contribution in [1.82, 2.24) is 0 Å². The number of amides is 2. The highest BCUT2D eigenvalue weighted by molar-refractivity contribution is 6.22. The van der Waals surface area contributed by atoms with Gasteiger partial charge >= 0.3 is 12.4 Å². The van der Waals surface area contributed by atoms with Gasteiger partial charge in [0.2, 0.25) is 11.8 Å². The monoisotopic (exact) mass is 655 g/mol. The number of halogens is 7. The van der Waals surface area contributed by atoms with Gasteiger partial charge in [0.25, 0.3) is 0 Å². The second kappa shape index (κ2) is 12.8. The minimum Gasteiger partial charge on any atom is -0.505 e. The van der Waals surface area contributed by atoms with Gasteiger partial charge in [-0.1, -0.05) is 31.1 Å². The van der Waals surface area contributed by atoms with Crippen LogP contribution in [-0.2, 0) is 31.4 Å². The molecule has 5 rings (SSSR count). The first-order valence-electron chi connectivity index (χ1n) is 14.8. The van der Waals surface area contributed by atoms with Crippen molar-refractivity contribution in [3.63, 3.8) is 0 Å². The van der Waals surface area contributed by atoms with Crippen LogP contribution in [0.4, 0.5) is 36.4 Å². The van der Waals surface area contributed by atoms with Gasteiger partial charge in [-0.15, -0.1) is 0 Å². The number of phenols is 1. The molecular formula is C33H32F7NO5. The Morgan fingerprint density at radius 2 is 1.67 bits per heavy atom. The number of imide groups is 1. The van der Waals surface area contributed by atoms with E-state index in [9.17, 15) is 45.4 Å². The van der Waals surface area contributed by atoms with Crippen LogP contribution in [0.25, 0.3) is 6.08 Å². The lowest BCUT2D eigenvalue weighted by molar-refractivity contribution is -0.143. The number of methoxy groups -OCH3 is 1. The zero-order chi connectivity index (χ0) is 33.6. The first-order chi connectivity index (χ1) is 21.6. The minimum absolute atomic E-state index is 0.0353. The van der Waals surface area contributed by atoms with Gasteiger partial charge < -0.3 is 14.6 Å². The number of hydrogen-bond donors (Lipinski definition) is 1. The Morgan fingerprint density at radius 3 is 2.26 bits per heavy atom. The van der Waals surface area contributed by atoms with Crippen LogP contribution in [0, 0.1) is 23.6 Å². The smallest absolute Gasteiger partial charge is 0.416 e. The Kier molecular flexibility index (Phi) is 9.38. The molecule has 2 heterocycles. The number of anilines is 1. The van der Waals surface area contributed by atoms with Crippen LogP contribution in [0.3, 0.4) is 0 Å². The van der Waals surface area contributed by atoms with E-state index >= 15 is 0 Å². The number of nitrogens with zero attached hydrogens (tertiary/aromatic N) is 1. The number of ether oxygens (including phenoxy) is 2. The molecule has 0 unspecified atom stereocenters. The van der Waals surface area contributed by atoms with Gasteiger partial charge in [0.1, 0.15) is 0 Å². The summed E-state index contributed by atoms with van der Waals surface area (Å²) >= 11 is 0. The van der Waals surface area contributed by atoms with Crippen LogP contribution < -0.4 is 4.90 Å². The van der Waals surface area contributed by atoms with E-state index in [0.717, 1.165) is 17.6 Å². The Morgan fingerprint density at radius 1 is 1.00 bits per heavy atom. The van der Waals surface area contributed by atoms with Crippen molar-refractivity contribution in [2.24, 2.45) is 17.8 Å². The molecule has 6 nitrogen and oxygen atoms in total. The molecule has 1 aliphatic carbocycles. The zero-order valence-electron chi connectivity index (χ0n) is 25.0. The average molecular weight is 656 g/mol. The summed E-state index contributed by atoms with van der Waals surface area (Å²) in [5.41, 5.74) is -0.994. The highest BCUT2D eigenvalue weighted by Crippen LogP contribution is 2.51. The van der Waals surface area contributed by atoms with Crippen molar-refractivity contribution >= 4 is 23.6 Å². The summed E-state index contributed by atoms with van der Waals surface area (Å²) in [6, 6.07) is 4.82. The Balaban J connectivity index is 1.43. The van der Waals surface area contributed by atoms with Crippen LogP contribution in [-0.4, -0.2) is 43.3 Å². The molecule has 2 aliphatic heterocycles. The first-order valence-corrected chi connectivity index (χ1v) is 14.8. The van der Waals surface area contributed by atoms with Gasteiger partial charge in [-0.2, -0.15) is 26.3 Å². The van der Waals surface area contributed by atoms with Crippen molar-refractivity contribution in [1.29, 1.82) is 0 Å². The quantitative estimate of drug-likeness (QED) is 0.170. The molecule has 248 valence electrons. The summed E-state index contributed by atoms with van der Waals surface area (Å²) in [7, 11) is 1.45. The van der Waals surface area contributed by atoms with Crippen molar-refractivity contribution < 1.29 is 54.9 Å². The standard InChI is InChI=1S/C33H32F7NO5/c1-3-4-17(9-18-5-7-26(42)25(34)10-18)6-8-27-28-19(15-45-2)11-23-29(24(28)16-46-27)31(44)41(30(23)43)22-13-20(32(35,36)37)12-21(14-22)33(38,39)40/h5,7,9-10,12-14,23-24,27,29,42H,3-4,6,8,11,15-16H2,1-2H3/b17-9+/t23-,24+,27-,29-/m1/s1. The summed E-state index contributed by atoms with van der Waals surface area (Å²) in [4.78, 5) is 27.8. The summed E-state index contributed by atoms with van der Waals surface area (Å²) in [6.45, 7) is 2.13. The van der Waals surface area contributed by atoms with E-state index in [-0.39, 0.29) is 25.7 Å². The molecule has 0 saturated carbocycles. The minimum atomic E-state index is -5.15. The van der Waals surface area contributed by atoms with E-state index in [4.69, 9.17) is 9.47 Å². The molecule has 3 aliphatic rings. The number of alkyl halides is 6. The molecule has 2 fully saturated rings. The molecular weight excluding hydrogens is 623 g/mol. The number of aromatic hydroxyl groups is 1. The topological polar surface area (TPSA) is 76.1 Å². The van der Waals surface area contributed by atoms with E-state index < -0.39 is 76.4 Å². The number of allylic oxidation sites excluding steroid dienone is 1. The lowest BCUT2D eigenvalue weighted by atomic mass is 9.69. The van der Waals surface area contributed by atoms with Crippen LogP contribution in [0.2, 0.25) is 0 Å². The third-order valence-electron chi connectivity index (χ3n) is 8.80. The van der Waals surface area contributed by atoms with Gasteiger partial charge in [0.15, 0.2) is 11.6 Å². The fourth-order valence-electron chi connectivity index (χ4n) is 6.86. The maximum absolute atomic E-state index is 13.9. The number of benzene rings is 2. The number of phenolic OH excluding ortho intramolecular Hbond substituents is 1. The molecule has 0 aromatic heterocycles. The predicted octanol–water partition coefficient (Wildman–Crippen LogP) is 7.70. The molecule has 2 saturated heterocycles. The van der Waals surface area contributed by atoms with Gasteiger partial charge in [-0.05, 0) is 72.7 Å². The largest absolute Gasteiger partial charge is 0.505 e. The number of carbonyl (C=O) groups is 2. The number of hydrogen-bond acceptors (Lipinski definition) is 5. The SMILES string of the molecule is CCC/C(=C\c1ccc(O)c(F)c1)CC[C@H]1OC[C@H]2C1=C(COC)C[C@H]1C(=O)N(c3cc(C(F)(F)F)cc(C(F)(F)F)c3)C(=O)[C@H]12. The third-order valence-corrected chi connectivity index (χ3v) is 8.80. The highest BCUT2D eigenvalue weighted by Gasteiger charge is 2.57. The van der Waals surface area contributed by atoms with Crippen LogP contribution in [0.1, 0.15) is 55.7 Å². The van der Waals surface area contributed by atoms with Crippen LogP contribution >= 0.6 is 0 Å². The Bertz CT molecular complexity index is 1550. The number of carbonyl (C=O) groups excluding carboxylic acids is 2. The molecule has 2 amide bonds. The van der Waals surface area contributed by atoms with Crippen molar-refractivity contribution in [3.8, 4) is 5.75 Å². The lowest BCUT2D eigenvalue weighted by Gasteiger charge is -2.31. The second-order valence-corrected chi connectivity index (χ2v) is 11.8. The molecule has 13 heteroatoms. The molecule has 2 aromatic carbocycles. The second-order valence-electron chi connectivity index (χ2n) is 11.8. The summed E-state index contributed by atoms with van der Waals surface area (Å²) < 4.78 is 107. The number of rotatable bonds is 9. The predicted molar refractivity (Wildman–Crippen MR) is 153 cm³/mol. The molecule has 2 aromatic rings. The van der Waals surface area contributed by atoms with Gasteiger partial charge in [0.05, 0.1) is 48.0 Å². The van der Waals surface area contributed by atoms with Crippen LogP contribution in [0.15, 0.2) is 53.1 Å². The van der Waals surface area contributed by atoms with E-state index in [1.807, 2.05) is 13.0 Å². The summed E-state index contributed by atoms with van der Waals surface area (Å²) in [5, 5.41) is 9.51. The highest BCUT2D eigenvalue weighted by atomic mass is 19.4. The first kappa shape index (κ1) is 33.6. The third kappa shape index (κ3) is 6.57. The maximum Gasteiger partial charge on any atom is 0.416 e. The van der Waals surface area contributed by atoms with Crippen molar-refractivity contribution in [3.05, 3.63) is 75.6 Å². The molecule has 0 bridgehead atoms. The molecule has 1 N–H and O–H groups in total.